The van der Waals surface area contributed by atoms with E-state index in [1.807, 2.05) is 6.92 Å². The van der Waals surface area contributed by atoms with Crippen molar-refractivity contribution in [3.63, 3.8) is 0 Å². The average molecular weight is 395 g/mol. The van der Waals surface area contributed by atoms with Crippen LogP contribution in [-0.4, -0.2) is 40.3 Å². The second kappa shape index (κ2) is 8.06. The van der Waals surface area contributed by atoms with E-state index >= 15 is 0 Å². The van der Waals surface area contributed by atoms with Crippen LogP contribution in [0, 0.1) is 5.82 Å². The molecule has 1 heterocycles. The van der Waals surface area contributed by atoms with Crippen LogP contribution in [0.3, 0.4) is 0 Å². The summed E-state index contributed by atoms with van der Waals surface area (Å²) >= 11 is 6.15. The van der Waals surface area contributed by atoms with Crippen LogP contribution in [0.4, 0.5) is 4.39 Å². The first kappa shape index (κ1) is 19.3. The Morgan fingerprint density at radius 2 is 2.19 bits per heavy atom. The van der Waals surface area contributed by atoms with Crippen LogP contribution in [-0.2, 0) is 16.1 Å². The Balaban J connectivity index is 1.72. The monoisotopic (exact) mass is 394 g/mol. The molecule has 7 nitrogen and oxygen atoms in total. The van der Waals surface area contributed by atoms with Gasteiger partial charge in [-0.15, -0.1) is 0 Å². The number of nitrogens with zero attached hydrogens (tertiary/aromatic N) is 2. The maximum Gasteiger partial charge on any atom is 0.325 e. The molecule has 1 aliphatic carbocycles. The number of carbonyl (C=O) groups is 2. The summed E-state index contributed by atoms with van der Waals surface area (Å²) in [6, 6.07) is 2.93. The highest BCUT2D eigenvalue weighted by Crippen LogP contribution is 2.29. The van der Waals surface area contributed by atoms with E-state index in [1.54, 1.807) is 4.68 Å². The van der Waals surface area contributed by atoms with Crippen molar-refractivity contribution in [2.75, 3.05) is 6.54 Å². The van der Waals surface area contributed by atoms with Gasteiger partial charge in [0.15, 0.2) is 0 Å². The molecular weight excluding hydrogens is 375 g/mol. The molecule has 0 bridgehead atoms. The van der Waals surface area contributed by atoms with E-state index in [0.29, 0.717) is 22.8 Å². The van der Waals surface area contributed by atoms with Gasteiger partial charge < -0.3 is 15.8 Å². The van der Waals surface area contributed by atoms with Crippen LogP contribution in [0.5, 0.6) is 0 Å². The van der Waals surface area contributed by atoms with Gasteiger partial charge in [0.2, 0.25) is 0 Å². The van der Waals surface area contributed by atoms with Gasteiger partial charge in [-0.05, 0) is 38.0 Å². The molecule has 0 saturated heterocycles. The number of hydrogen-bond acceptors (Lipinski definition) is 5. The Bertz CT molecular complexity index is 866. The van der Waals surface area contributed by atoms with Crippen LogP contribution in [0.15, 0.2) is 24.4 Å². The molecule has 1 fully saturated rings. The number of aromatic nitrogens is 2. The Kier molecular flexibility index (Phi) is 5.76. The highest BCUT2D eigenvalue weighted by atomic mass is 35.5. The first-order valence-corrected chi connectivity index (χ1v) is 9.03. The number of amides is 1. The van der Waals surface area contributed by atoms with E-state index in [1.165, 1.54) is 18.3 Å². The van der Waals surface area contributed by atoms with Crippen molar-refractivity contribution in [1.82, 2.24) is 15.1 Å². The average Bonchev–Trinajstić information content (AvgIpc) is 3.37. The molecule has 1 aromatic carbocycles. The molecule has 0 aliphatic heterocycles. The summed E-state index contributed by atoms with van der Waals surface area (Å²) in [5, 5.41) is 7.01. The Morgan fingerprint density at radius 1 is 1.44 bits per heavy atom. The topological polar surface area (TPSA) is 99.2 Å². The quantitative estimate of drug-likeness (QED) is 0.701. The molecule has 2 aromatic rings. The second-order valence-electron chi connectivity index (χ2n) is 6.34. The third-order valence-corrected chi connectivity index (χ3v) is 4.40. The molecule has 9 heteroatoms. The normalized spacial score (nSPS) is 14.7. The van der Waals surface area contributed by atoms with Gasteiger partial charge in [-0.2, -0.15) is 5.10 Å². The maximum atomic E-state index is 14.1. The molecule has 144 valence electrons. The molecule has 0 unspecified atom stereocenters. The van der Waals surface area contributed by atoms with Gasteiger partial charge in [0.1, 0.15) is 18.0 Å². The molecule has 3 rings (SSSR count). The number of nitrogens with two attached hydrogens (primary N) is 1. The number of halogens is 2. The molecule has 1 aliphatic rings. The number of esters is 1. The van der Waals surface area contributed by atoms with Gasteiger partial charge in [-0.25, -0.2) is 4.39 Å². The van der Waals surface area contributed by atoms with E-state index < -0.39 is 23.7 Å². The molecular formula is C18H20ClFN4O3. The smallest absolute Gasteiger partial charge is 0.325 e. The molecule has 1 aromatic heterocycles. The van der Waals surface area contributed by atoms with E-state index in [9.17, 15) is 14.0 Å². The van der Waals surface area contributed by atoms with Gasteiger partial charge in [-0.1, -0.05) is 11.6 Å². The largest absolute Gasteiger partial charge is 0.461 e. The molecule has 1 amide bonds. The number of ether oxygens (including phenoxy) is 1. The summed E-state index contributed by atoms with van der Waals surface area (Å²) in [7, 11) is 0. The number of aryl methyl sites for hydroxylation is 1. The van der Waals surface area contributed by atoms with Crippen molar-refractivity contribution in [2.45, 2.75) is 38.5 Å². The minimum Gasteiger partial charge on any atom is -0.461 e. The Hall–Kier alpha value is -2.45. The lowest BCUT2D eigenvalue weighted by atomic mass is 10.1. The van der Waals surface area contributed by atoms with E-state index in [2.05, 4.69) is 10.4 Å². The molecule has 1 saturated carbocycles. The predicted molar refractivity (Wildman–Crippen MR) is 97.7 cm³/mol. The minimum absolute atomic E-state index is 0.0572. The first-order chi connectivity index (χ1) is 12.9. The lowest BCUT2D eigenvalue weighted by Crippen LogP contribution is -2.43. The van der Waals surface area contributed by atoms with Crippen molar-refractivity contribution in [3.05, 3.63) is 40.8 Å². The third-order valence-electron chi connectivity index (χ3n) is 4.12. The lowest BCUT2D eigenvalue weighted by molar-refractivity contribution is -0.146. The molecule has 0 spiro atoms. The maximum absolute atomic E-state index is 14.1. The van der Waals surface area contributed by atoms with Gasteiger partial charge in [0, 0.05) is 24.2 Å². The second-order valence-corrected chi connectivity index (χ2v) is 6.75. The predicted octanol–water partition coefficient (Wildman–Crippen LogP) is 2.13. The summed E-state index contributed by atoms with van der Waals surface area (Å²) < 4.78 is 20.8. The number of rotatable bonds is 7. The van der Waals surface area contributed by atoms with Crippen LogP contribution < -0.4 is 11.1 Å². The van der Waals surface area contributed by atoms with E-state index in [-0.39, 0.29) is 18.2 Å². The van der Waals surface area contributed by atoms with Crippen LogP contribution in [0.2, 0.25) is 5.02 Å². The molecule has 1 atom stereocenters. The van der Waals surface area contributed by atoms with Crippen molar-refractivity contribution < 1.29 is 18.7 Å². The van der Waals surface area contributed by atoms with Crippen LogP contribution >= 0.6 is 11.6 Å². The van der Waals surface area contributed by atoms with Crippen molar-refractivity contribution in [3.8, 4) is 11.3 Å². The van der Waals surface area contributed by atoms with Gasteiger partial charge in [-0.3, -0.25) is 14.3 Å². The third kappa shape index (κ3) is 4.64. The van der Waals surface area contributed by atoms with E-state index in [4.69, 9.17) is 22.1 Å². The number of carbonyl (C=O) groups excluding carboxylic acids is 2. The highest BCUT2D eigenvalue weighted by Gasteiger charge is 2.28. The van der Waals surface area contributed by atoms with E-state index in [0.717, 1.165) is 18.9 Å². The summed E-state index contributed by atoms with van der Waals surface area (Å²) in [5.41, 5.74) is 6.77. The Morgan fingerprint density at radius 3 is 2.85 bits per heavy atom. The summed E-state index contributed by atoms with van der Waals surface area (Å²) in [5.74, 6) is -1.70. The zero-order valence-electron chi connectivity index (χ0n) is 14.7. The zero-order valence-corrected chi connectivity index (χ0v) is 15.5. The van der Waals surface area contributed by atoms with Crippen molar-refractivity contribution in [1.29, 1.82) is 0 Å². The number of hydrogen-bond donors (Lipinski definition) is 2. The fourth-order valence-corrected chi connectivity index (χ4v) is 2.82. The standard InChI is InChI=1S/C18H20ClFN4O3/c1-2-24-16(14(19)8-23-24)10-5-11(7-12(20)6-10)17(25)22-9-15(21)18(26)27-13-3-4-13/h5-8,13,15H,2-4,9,21H2,1H3,(H,22,25)/t15-/m1/s1. The fraction of sp³-hybridized carbons (Fsp3) is 0.389. The number of benzene rings is 1. The summed E-state index contributed by atoms with van der Waals surface area (Å²) in [6.07, 6.45) is 3.09. The zero-order chi connectivity index (χ0) is 19.6. The molecule has 3 N–H and O–H groups in total. The molecule has 27 heavy (non-hydrogen) atoms. The van der Waals surface area contributed by atoms with Crippen molar-refractivity contribution >= 4 is 23.5 Å². The highest BCUT2D eigenvalue weighted by molar-refractivity contribution is 6.33. The SMILES string of the molecule is CCn1ncc(Cl)c1-c1cc(F)cc(C(=O)NC[C@@H](N)C(=O)OC2CC2)c1. The summed E-state index contributed by atoms with van der Waals surface area (Å²) in [6.45, 7) is 2.31. The van der Waals surface area contributed by atoms with Gasteiger partial charge in [0.05, 0.1) is 16.9 Å². The fourth-order valence-electron chi connectivity index (χ4n) is 2.57. The molecule has 0 radical (unpaired) electrons. The number of nitrogens with one attached hydrogen (secondary N) is 1. The minimum atomic E-state index is -0.974. The first-order valence-electron chi connectivity index (χ1n) is 8.65. The van der Waals surface area contributed by atoms with Crippen molar-refractivity contribution in [2.24, 2.45) is 5.73 Å². The Labute approximate surface area is 160 Å². The summed E-state index contributed by atoms with van der Waals surface area (Å²) in [4.78, 5) is 24.1. The van der Waals surface area contributed by atoms with Crippen LogP contribution in [0.1, 0.15) is 30.1 Å². The van der Waals surface area contributed by atoms with Crippen LogP contribution in [0.25, 0.3) is 11.3 Å². The van der Waals surface area contributed by atoms with Gasteiger partial charge in [0.25, 0.3) is 5.91 Å². The van der Waals surface area contributed by atoms with Gasteiger partial charge >= 0.3 is 5.97 Å². The lowest BCUT2D eigenvalue weighted by Gasteiger charge is -2.13.